The van der Waals surface area contributed by atoms with E-state index in [0.717, 1.165) is 0 Å². The lowest BCUT2D eigenvalue weighted by Gasteiger charge is -2.08. The number of benzene rings is 1. The number of sulfonamides is 1. The molecule has 1 aromatic rings. The Labute approximate surface area is 119 Å². The molecule has 100 valence electrons. The summed E-state index contributed by atoms with van der Waals surface area (Å²) in [6.07, 6.45) is 0. The number of carbonyl (C=O) groups excluding carboxylic acids is 1. The summed E-state index contributed by atoms with van der Waals surface area (Å²) in [4.78, 5) is 10.6. The van der Waals surface area contributed by atoms with Crippen molar-refractivity contribution in [2.24, 2.45) is 0 Å². The summed E-state index contributed by atoms with van der Waals surface area (Å²) < 4.78 is 26.8. The van der Waals surface area contributed by atoms with Crippen LogP contribution in [0.5, 0.6) is 0 Å². The number of amides is 1. The van der Waals surface area contributed by atoms with Crippen LogP contribution in [0, 0.1) is 0 Å². The van der Waals surface area contributed by atoms with Gasteiger partial charge in [0.05, 0.1) is 5.02 Å². The average Bonchev–Trinajstić information content (AvgIpc) is 2.23. The molecule has 0 aliphatic heterocycles. The molecule has 0 aliphatic carbocycles. The fraction of sp³-hybridized carbons (Fsp3) is 0.300. The second-order valence-electron chi connectivity index (χ2n) is 3.46. The molecule has 0 spiro atoms. The van der Waals surface area contributed by atoms with Crippen molar-refractivity contribution in [1.29, 1.82) is 0 Å². The van der Waals surface area contributed by atoms with Gasteiger partial charge in [-0.2, -0.15) is 0 Å². The van der Waals surface area contributed by atoms with Gasteiger partial charge in [-0.25, -0.2) is 13.1 Å². The van der Waals surface area contributed by atoms with E-state index in [1.54, 1.807) is 6.07 Å². The first kappa shape index (κ1) is 15.4. The van der Waals surface area contributed by atoms with Crippen LogP contribution in [0.3, 0.4) is 0 Å². The second kappa shape index (κ2) is 6.51. The van der Waals surface area contributed by atoms with Gasteiger partial charge in [0.1, 0.15) is 4.90 Å². The molecule has 0 fully saturated rings. The highest BCUT2D eigenvalue weighted by molar-refractivity contribution is 9.10. The summed E-state index contributed by atoms with van der Waals surface area (Å²) in [7, 11) is -3.66. The van der Waals surface area contributed by atoms with E-state index in [1.165, 1.54) is 19.1 Å². The van der Waals surface area contributed by atoms with Crippen molar-refractivity contribution in [3.05, 3.63) is 27.7 Å². The van der Waals surface area contributed by atoms with Crippen molar-refractivity contribution >= 4 is 43.5 Å². The first-order valence-corrected chi connectivity index (χ1v) is 7.67. The molecule has 2 N–H and O–H groups in total. The van der Waals surface area contributed by atoms with Gasteiger partial charge in [-0.1, -0.05) is 27.5 Å². The molecule has 0 saturated heterocycles. The first-order chi connectivity index (χ1) is 8.33. The summed E-state index contributed by atoms with van der Waals surface area (Å²) >= 11 is 9.05. The number of halogens is 2. The Morgan fingerprint density at radius 2 is 2.06 bits per heavy atom. The number of hydrogen-bond donors (Lipinski definition) is 2. The molecule has 0 heterocycles. The third-order valence-corrected chi connectivity index (χ3v) is 4.41. The molecule has 0 saturated carbocycles. The molecule has 1 aromatic carbocycles. The smallest absolute Gasteiger partial charge is 0.242 e. The first-order valence-electron chi connectivity index (χ1n) is 5.02. The molecule has 0 atom stereocenters. The number of carbonyl (C=O) groups is 1. The zero-order valence-corrected chi connectivity index (χ0v) is 12.7. The molecule has 1 amide bonds. The summed E-state index contributed by atoms with van der Waals surface area (Å²) in [5.41, 5.74) is 0. The van der Waals surface area contributed by atoms with Crippen LogP contribution in [0.2, 0.25) is 5.02 Å². The lowest BCUT2D eigenvalue weighted by molar-refractivity contribution is -0.118. The summed E-state index contributed by atoms with van der Waals surface area (Å²) in [6, 6.07) is 4.51. The van der Waals surface area contributed by atoms with E-state index in [1.807, 2.05) is 0 Å². The zero-order chi connectivity index (χ0) is 13.8. The number of nitrogens with one attached hydrogen (secondary N) is 2. The highest BCUT2D eigenvalue weighted by atomic mass is 79.9. The van der Waals surface area contributed by atoms with E-state index in [4.69, 9.17) is 11.6 Å². The standard InChI is InChI=1S/C10H12BrClN2O3S/c1-7(15)13-4-5-14-18(16,17)10-3-2-8(11)6-9(10)12/h2-3,6,14H,4-5H2,1H3,(H,13,15). The summed E-state index contributed by atoms with van der Waals surface area (Å²) in [5.74, 6) is -0.212. The van der Waals surface area contributed by atoms with Crippen LogP contribution in [0.4, 0.5) is 0 Å². The van der Waals surface area contributed by atoms with Crippen LogP contribution >= 0.6 is 27.5 Å². The predicted molar refractivity (Wildman–Crippen MR) is 73.0 cm³/mol. The van der Waals surface area contributed by atoms with Crippen molar-refractivity contribution < 1.29 is 13.2 Å². The third kappa shape index (κ3) is 4.56. The fourth-order valence-corrected chi connectivity index (χ4v) is 3.26. The number of hydrogen-bond acceptors (Lipinski definition) is 3. The van der Waals surface area contributed by atoms with Crippen molar-refractivity contribution in [2.75, 3.05) is 13.1 Å². The molecule has 5 nitrogen and oxygen atoms in total. The normalized spacial score (nSPS) is 11.3. The minimum absolute atomic E-state index is 0.00944. The van der Waals surface area contributed by atoms with Crippen molar-refractivity contribution in [3.8, 4) is 0 Å². The van der Waals surface area contributed by atoms with Crippen LogP contribution in [-0.4, -0.2) is 27.4 Å². The Hall–Kier alpha value is -0.630. The van der Waals surface area contributed by atoms with E-state index < -0.39 is 10.0 Å². The molecular weight excluding hydrogens is 344 g/mol. The van der Waals surface area contributed by atoms with Gasteiger partial charge in [0.25, 0.3) is 0 Å². The maximum atomic E-state index is 11.9. The Bertz CT molecular complexity index is 548. The second-order valence-corrected chi connectivity index (χ2v) is 6.51. The van der Waals surface area contributed by atoms with Gasteiger partial charge in [-0.05, 0) is 18.2 Å². The van der Waals surface area contributed by atoms with Crippen LogP contribution < -0.4 is 10.0 Å². The molecule has 0 bridgehead atoms. The minimum atomic E-state index is -3.66. The number of rotatable bonds is 5. The molecule has 18 heavy (non-hydrogen) atoms. The Morgan fingerprint density at radius 1 is 1.39 bits per heavy atom. The fourth-order valence-electron chi connectivity index (χ4n) is 1.19. The monoisotopic (exact) mass is 354 g/mol. The highest BCUT2D eigenvalue weighted by Crippen LogP contribution is 2.24. The minimum Gasteiger partial charge on any atom is -0.355 e. The molecular formula is C10H12BrClN2O3S. The quantitative estimate of drug-likeness (QED) is 0.786. The SMILES string of the molecule is CC(=O)NCCNS(=O)(=O)c1ccc(Br)cc1Cl. The van der Waals surface area contributed by atoms with Gasteiger partial charge in [-0.15, -0.1) is 0 Å². The van der Waals surface area contributed by atoms with Gasteiger partial charge in [-0.3, -0.25) is 4.79 Å². The lowest BCUT2D eigenvalue weighted by atomic mass is 10.4. The van der Waals surface area contributed by atoms with Gasteiger partial charge < -0.3 is 5.32 Å². The predicted octanol–water partition coefficient (Wildman–Crippen LogP) is 1.52. The maximum Gasteiger partial charge on any atom is 0.242 e. The van der Waals surface area contributed by atoms with E-state index >= 15 is 0 Å². The van der Waals surface area contributed by atoms with Crippen LogP contribution in [0.1, 0.15) is 6.92 Å². The Morgan fingerprint density at radius 3 is 2.61 bits per heavy atom. The van der Waals surface area contributed by atoms with E-state index in [0.29, 0.717) is 4.47 Å². The molecule has 0 radical (unpaired) electrons. The van der Waals surface area contributed by atoms with Gasteiger partial charge in [0.2, 0.25) is 15.9 Å². The van der Waals surface area contributed by atoms with Crippen LogP contribution in [0.15, 0.2) is 27.6 Å². The highest BCUT2D eigenvalue weighted by Gasteiger charge is 2.17. The van der Waals surface area contributed by atoms with Gasteiger partial charge >= 0.3 is 0 Å². The van der Waals surface area contributed by atoms with Crippen LogP contribution in [0.25, 0.3) is 0 Å². The maximum absolute atomic E-state index is 11.9. The molecule has 0 unspecified atom stereocenters. The lowest BCUT2D eigenvalue weighted by Crippen LogP contribution is -2.33. The molecule has 0 aromatic heterocycles. The van der Waals surface area contributed by atoms with Crippen molar-refractivity contribution in [3.63, 3.8) is 0 Å². The largest absolute Gasteiger partial charge is 0.355 e. The van der Waals surface area contributed by atoms with E-state index in [2.05, 4.69) is 26.0 Å². The van der Waals surface area contributed by atoms with E-state index in [-0.39, 0.29) is 28.9 Å². The molecule has 0 aliphatic rings. The van der Waals surface area contributed by atoms with Gasteiger partial charge in [0, 0.05) is 24.5 Å². The van der Waals surface area contributed by atoms with Crippen molar-refractivity contribution in [2.45, 2.75) is 11.8 Å². The average molecular weight is 356 g/mol. The third-order valence-electron chi connectivity index (χ3n) is 1.97. The Kier molecular flexibility index (Phi) is 5.58. The summed E-state index contributed by atoms with van der Waals surface area (Å²) in [6.45, 7) is 1.69. The van der Waals surface area contributed by atoms with Crippen molar-refractivity contribution in [1.82, 2.24) is 10.0 Å². The molecule has 8 heteroatoms. The van der Waals surface area contributed by atoms with Gasteiger partial charge in [0.15, 0.2) is 0 Å². The van der Waals surface area contributed by atoms with E-state index in [9.17, 15) is 13.2 Å². The zero-order valence-electron chi connectivity index (χ0n) is 9.54. The molecule has 1 rings (SSSR count). The Balaban J connectivity index is 2.71. The van der Waals surface area contributed by atoms with Crippen LogP contribution in [-0.2, 0) is 14.8 Å². The topological polar surface area (TPSA) is 75.3 Å². The summed E-state index contributed by atoms with van der Waals surface area (Å²) in [5, 5.41) is 2.62.